The van der Waals surface area contributed by atoms with E-state index in [0.717, 1.165) is 0 Å². The van der Waals surface area contributed by atoms with E-state index < -0.39 is 11.4 Å². The lowest BCUT2D eigenvalue weighted by Gasteiger charge is -2.34. The molecule has 0 saturated heterocycles. The Morgan fingerprint density at radius 1 is 1.59 bits per heavy atom. The molecule has 0 radical (unpaired) electrons. The maximum Gasteiger partial charge on any atom is 0.270 e. The van der Waals surface area contributed by atoms with Crippen LogP contribution in [0.5, 0.6) is 0 Å². The fourth-order valence-electron chi connectivity index (χ4n) is 1.81. The van der Waals surface area contributed by atoms with Crippen molar-refractivity contribution in [2.24, 2.45) is 11.7 Å². The number of H-pyrrole nitrogens is 1. The van der Waals surface area contributed by atoms with Crippen molar-refractivity contribution < 1.29 is 9.59 Å². The van der Waals surface area contributed by atoms with Gasteiger partial charge in [-0.2, -0.15) is 5.10 Å². The molecule has 0 saturated carbocycles. The largest absolute Gasteiger partial charge is 0.368 e. The van der Waals surface area contributed by atoms with Crippen LogP contribution < -0.4 is 11.1 Å². The third-order valence-corrected chi connectivity index (χ3v) is 3.06. The highest BCUT2D eigenvalue weighted by atomic mass is 16.2. The van der Waals surface area contributed by atoms with Crippen molar-refractivity contribution in [3.05, 3.63) is 18.0 Å². The van der Waals surface area contributed by atoms with E-state index in [1.807, 2.05) is 20.8 Å². The minimum atomic E-state index is -1.03. The summed E-state index contributed by atoms with van der Waals surface area (Å²) in [6.45, 7) is 5.51. The summed E-state index contributed by atoms with van der Waals surface area (Å²) < 4.78 is 0. The lowest BCUT2D eigenvalue weighted by molar-refractivity contribution is -0.126. The Hall–Kier alpha value is -1.85. The molecule has 6 nitrogen and oxygen atoms in total. The van der Waals surface area contributed by atoms with Crippen molar-refractivity contribution >= 4 is 11.8 Å². The molecule has 0 fully saturated rings. The molecule has 0 spiro atoms. The number of aromatic nitrogens is 2. The summed E-state index contributed by atoms with van der Waals surface area (Å²) >= 11 is 0. The van der Waals surface area contributed by atoms with E-state index in [9.17, 15) is 9.59 Å². The van der Waals surface area contributed by atoms with Crippen LogP contribution in [0, 0.1) is 5.92 Å². The second-order valence-corrected chi connectivity index (χ2v) is 4.27. The fraction of sp³-hybridized carbons (Fsp3) is 0.545. The number of aromatic amines is 1. The standard InChI is InChI=1S/C11H18N4O2/c1-4-11(7(2)3,10(12)17)14-9(16)8-5-6-13-15-8/h5-7H,4H2,1-3H3,(H2,12,17)(H,13,15)(H,14,16). The third-order valence-electron chi connectivity index (χ3n) is 3.06. The number of nitrogens with two attached hydrogens (primary N) is 1. The average Bonchev–Trinajstić information content (AvgIpc) is 2.77. The van der Waals surface area contributed by atoms with Gasteiger partial charge < -0.3 is 11.1 Å². The van der Waals surface area contributed by atoms with Crippen LogP contribution >= 0.6 is 0 Å². The number of primary amides is 1. The fourth-order valence-corrected chi connectivity index (χ4v) is 1.81. The van der Waals surface area contributed by atoms with Crippen molar-refractivity contribution in [3.63, 3.8) is 0 Å². The third kappa shape index (κ3) is 2.46. The Morgan fingerprint density at radius 3 is 2.59 bits per heavy atom. The van der Waals surface area contributed by atoms with E-state index in [-0.39, 0.29) is 11.8 Å². The van der Waals surface area contributed by atoms with E-state index in [2.05, 4.69) is 15.5 Å². The number of hydrogen-bond acceptors (Lipinski definition) is 3. The first-order valence-electron chi connectivity index (χ1n) is 5.55. The quantitative estimate of drug-likeness (QED) is 0.693. The van der Waals surface area contributed by atoms with Gasteiger partial charge in [0.05, 0.1) is 0 Å². The maximum absolute atomic E-state index is 11.9. The molecule has 0 aliphatic carbocycles. The predicted octanol–water partition coefficient (Wildman–Crippen LogP) is 0.430. The van der Waals surface area contributed by atoms with Gasteiger partial charge in [-0.25, -0.2) is 0 Å². The number of rotatable bonds is 5. The molecule has 17 heavy (non-hydrogen) atoms. The van der Waals surface area contributed by atoms with E-state index in [1.165, 1.54) is 12.3 Å². The van der Waals surface area contributed by atoms with Gasteiger partial charge in [0.1, 0.15) is 11.2 Å². The summed E-state index contributed by atoms with van der Waals surface area (Å²) in [6.07, 6.45) is 1.92. The second kappa shape index (κ2) is 4.99. The second-order valence-electron chi connectivity index (χ2n) is 4.27. The summed E-state index contributed by atoms with van der Waals surface area (Å²) in [6, 6.07) is 1.54. The first-order chi connectivity index (χ1) is 7.94. The molecular weight excluding hydrogens is 220 g/mol. The van der Waals surface area contributed by atoms with Gasteiger partial charge in [0.25, 0.3) is 5.91 Å². The molecule has 1 heterocycles. The molecule has 1 aromatic rings. The normalized spacial score (nSPS) is 14.4. The SMILES string of the molecule is CCC(NC(=O)c1ccn[nH]1)(C(N)=O)C(C)C. The van der Waals surface area contributed by atoms with Gasteiger partial charge in [-0.15, -0.1) is 0 Å². The van der Waals surface area contributed by atoms with Gasteiger partial charge in [0.2, 0.25) is 5.91 Å². The Labute approximate surface area is 100.0 Å². The number of hydrogen-bond donors (Lipinski definition) is 3. The van der Waals surface area contributed by atoms with Crippen molar-refractivity contribution in [3.8, 4) is 0 Å². The molecule has 0 aliphatic heterocycles. The van der Waals surface area contributed by atoms with Gasteiger partial charge in [-0.05, 0) is 18.4 Å². The van der Waals surface area contributed by atoms with Gasteiger partial charge >= 0.3 is 0 Å². The monoisotopic (exact) mass is 238 g/mol. The number of amides is 2. The number of carbonyl (C=O) groups excluding carboxylic acids is 2. The Bertz CT molecular complexity index is 400. The van der Waals surface area contributed by atoms with E-state index in [1.54, 1.807) is 0 Å². The smallest absolute Gasteiger partial charge is 0.270 e. The van der Waals surface area contributed by atoms with Crippen LogP contribution in [-0.4, -0.2) is 27.6 Å². The summed E-state index contributed by atoms with van der Waals surface area (Å²) in [5, 5.41) is 8.93. The maximum atomic E-state index is 11.9. The van der Waals surface area contributed by atoms with Crippen LogP contribution in [0.1, 0.15) is 37.7 Å². The lowest BCUT2D eigenvalue weighted by Crippen LogP contribution is -2.60. The molecule has 0 bridgehead atoms. The topological polar surface area (TPSA) is 101 Å². The summed E-state index contributed by atoms with van der Waals surface area (Å²) in [4.78, 5) is 23.5. The zero-order valence-electron chi connectivity index (χ0n) is 10.3. The van der Waals surface area contributed by atoms with E-state index >= 15 is 0 Å². The van der Waals surface area contributed by atoms with E-state index in [4.69, 9.17) is 5.73 Å². The number of carbonyl (C=O) groups is 2. The molecule has 1 rings (SSSR count). The molecule has 1 atom stereocenters. The van der Waals surface area contributed by atoms with Crippen LogP contribution in [0.4, 0.5) is 0 Å². The first kappa shape index (κ1) is 13.2. The molecule has 6 heteroatoms. The molecule has 1 aromatic heterocycles. The van der Waals surface area contributed by atoms with Gasteiger partial charge in [-0.1, -0.05) is 20.8 Å². The van der Waals surface area contributed by atoms with Gasteiger partial charge in [0.15, 0.2) is 0 Å². The molecule has 94 valence electrons. The van der Waals surface area contributed by atoms with Gasteiger partial charge in [-0.3, -0.25) is 14.7 Å². The van der Waals surface area contributed by atoms with Gasteiger partial charge in [0, 0.05) is 6.20 Å². The highest BCUT2D eigenvalue weighted by Gasteiger charge is 2.39. The molecule has 4 N–H and O–H groups in total. The zero-order chi connectivity index (χ0) is 13.1. The summed E-state index contributed by atoms with van der Waals surface area (Å²) in [5.41, 5.74) is 4.69. The van der Waals surface area contributed by atoms with Crippen LogP contribution in [0.3, 0.4) is 0 Å². The van der Waals surface area contributed by atoms with Crippen molar-refractivity contribution in [1.82, 2.24) is 15.5 Å². The molecule has 1 unspecified atom stereocenters. The number of nitrogens with one attached hydrogen (secondary N) is 2. The van der Waals surface area contributed by atoms with Crippen LogP contribution in [0.2, 0.25) is 0 Å². The molecule has 2 amide bonds. The lowest BCUT2D eigenvalue weighted by atomic mass is 9.83. The first-order valence-corrected chi connectivity index (χ1v) is 5.55. The summed E-state index contributed by atoms with van der Waals surface area (Å²) in [5.74, 6) is -0.989. The molecule has 0 aliphatic rings. The Morgan fingerprint density at radius 2 is 2.24 bits per heavy atom. The zero-order valence-corrected chi connectivity index (χ0v) is 10.3. The summed E-state index contributed by atoms with van der Waals surface area (Å²) in [7, 11) is 0. The number of nitrogens with zero attached hydrogens (tertiary/aromatic N) is 1. The Balaban J connectivity index is 2.95. The highest BCUT2D eigenvalue weighted by Crippen LogP contribution is 2.21. The average molecular weight is 238 g/mol. The molecule has 0 aromatic carbocycles. The van der Waals surface area contributed by atoms with Crippen LogP contribution in [-0.2, 0) is 4.79 Å². The van der Waals surface area contributed by atoms with Crippen LogP contribution in [0.15, 0.2) is 12.3 Å². The van der Waals surface area contributed by atoms with Crippen LogP contribution in [0.25, 0.3) is 0 Å². The minimum absolute atomic E-state index is 0.0862. The minimum Gasteiger partial charge on any atom is -0.368 e. The highest BCUT2D eigenvalue weighted by molar-refractivity contribution is 5.97. The Kier molecular flexibility index (Phi) is 3.88. The van der Waals surface area contributed by atoms with Crippen molar-refractivity contribution in [1.29, 1.82) is 0 Å². The van der Waals surface area contributed by atoms with Crippen molar-refractivity contribution in [2.45, 2.75) is 32.7 Å². The van der Waals surface area contributed by atoms with Crippen molar-refractivity contribution in [2.75, 3.05) is 0 Å². The van der Waals surface area contributed by atoms with E-state index in [0.29, 0.717) is 12.1 Å². The molecular formula is C11H18N4O2. The predicted molar refractivity (Wildman–Crippen MR) is 63.1 cm³/mol.